The van der Waals surface area contributed by atoms with Gasteiger partial charge in [0.05, 0.1) is 0 Å². The van der Waals surface area contributed by atoms with Gasteiger partial charge in [0.1, 0.15) is 39.4 Å². The monoisotopic (exact) mass is 390 g/mol. The highest BCUT2D eigenvalue weighted by molar-refractivity contribution is 5.46. The summed E-state index contributed by atoms with van der Waals surface area (Å²) in [6, 6.07) is 0. The first-order chi connectivity index (χ1) is 12.9. The largest absolute Gasteiger partial charge is 0.374 e. The summed E-state index contributed by atoms with van der Waals surface area (Å²) in [7, 11) is 6.05. The van der Waals surface area contributed by atoms with E-state index in [0.717, 1.165) is 0 Å². The van der Waals surface area contributed by atoms with Crippen molar-refractivity contribution in [1.82, 2.24) is 15.0 Å². The molecule has 0 aliphatic carbocycles. The van der Waals surface area contributed by atoms with Crippen LogP contribution < -0.4 is 14.7 Å². The molecule has 0 bridgehead atoms. The summed E-state index contributed by atoms with van der Waals surface area (Å²) in [5.41, 5.74) is 0. The average molecular weight is 390 g/mol. The molecule has 1 aromatic heterocycles. The van der Waals surface area contributed by atoms with Crippen LogP contribution in [0.5, 0.6) is 0 Å². The zero-order valence-corrected chi connectivity index (χ0v) is 16.7. The molecule has 2 unspecified atom stereocenters. The Morgan fingerprint density at radius 1 is 0.667 bits per heavy atom. The molecule has 12 heteroatoms. The lowest BCUT2D eigenvalue weighted by Crippen LogP contribution is -2.40. The van der Waals surface area contributed by atoms with E-state index < -0.39 is 12.5 Å². The second kappa shape index (κ2) is 11.8. The highest BCUT2D eigenvalue weighted by Crippen LogP contribution is 2.21. The molecular formula is C15H30N6O6. The Balaban J connectivity index is 3.48. The third-order valence-corrected chi connectivity index (χ3v) is 3.40. The number of rotatable bonds is 13. The van der Waals surface area contributed by atoms with Crippen molar-refractivity contribution in [2.24, 2.45) is 0 Å². The van der Waals surface area contributed by atoms with Gasteiger partial charge in [0.15, 0.2) is 0 Å². The molecule has 1 rings (SSSR count). The van der Waals surface area contributed by atoms with E-state index >= 15 is 0 Å². The predicted octanol–water partition coefficient (Wildman–Crippen LogP) is -0.617. The average Bonchev–Trinajstić information content (AvgIpc) is 2.63. The van der Waals surface area contributed by atoms with Crippen LogP contribution in [0.1, 0.15) is 13.8 Å². The molecule has 0 aliphatic rings. The molecule has 0 saturated carbocycles. The van der Waals surface area contributed by atoms with Gasteiger partial charge in [-0.25, -0.2) is 0 Å². The summed E-state index contributed by atoms with van der Waals surface area (Å²) in [5, 5.41) is 20.1. The molecule has 0 aromatic carbocycles. The van der Waals surface area contributed by atoms with Crippen LogP contribution in [0.25, 0.3) is 0 Å². The lowest BCUT2D eigenvalue weighted by Gasteiger charge is -2.30. The topological polar surface area (TPSA) is 126 Å². The van der Waals surface area contributed by atoms with Crippen molar-refractivity contribution in [3.05, 3.63) is 0 Å². The van der Waals surface area contributed by atoms with E-state index in [-0.39, 0.29) is 44.8 Å². The van der Waals surface area contributed by atoms with E-state index in [1.807, 2.05) is 0 Å². The number of aliphatic hydroxyl groups excluding tert-OH is 2. The standard InChI is InChI=1S/C15H30N6O6/c1-11(22)20(9-26-5)14-16-13(19(7-24-3)8-25-4)17-15(18-14)21(10-27-6)12(2)23/h11-12,22-23H,7-10H2,1-6H3. The lowest BCUT2D eigenvalue weighted by molar-refractivity contribution is 0.119. The van der Waals surface area contributed by atoms with E-state index in [1.165, 1.54) is 38.2 Å². The van der Waals surface area contributed by atoms with Gasteiger partial charge < -0.3 is 29.2 Å². The number of aromatic nitrogens is 3. The quantitative estimate of drug-likeness (QED) is 0.417. The molecular weight excluding hydrogens is 360 g/mol. The molecule has 0 fully saturated rings. The SMILES string of the molecule is COCN(COC)c1nc(N(COC)C(C)O)nc(N(COC)C(C)O)n1. The summed E-state index contributed by atoms with van der Waals surface area (Å²) < 4.78 is 20.6. The highest BCUT2D eigenvalue weighted by Gasteiger charge is 2.24. The molecule has 0 saturated heterocycles. The predicted molar refractivity (Wildman–Crippen MR) is 98.1 cm³/mol. The minimum atomic E-state index is -0.922. The highest BCUT2D eigenvalue weighted by atomic mass is 16.5. The molecule has 2 atom stereocenters. The molecule has 0 radical (unpaired) electrons. The van der Waals surface area contributed by atoms with Crippen LogP contribution in [0.3, 0.4) is 0 Å². The van der Waals surface area contributed by atoms with Crippen molar-refractivity contribution in [1.29, 1.82) is 0 Å². The first-order valence-corrected chi connectivity index (χ1v) is 8.25. The maximum atomic E-state index is 10.1. The summed E-state index contributed by atoms with van der Waals surface area (Å²) >= 11 is 0. The maximum Gasteiger partial charge on any atom is 0.235 e. The van der Waals surface area contributed by atoms with Gasteiger partial charge in [-0.15, -0.1) is 0 Å². The van der Waals surface area contributed by atoms with E-state index in [0.29, 0.717) is 0 Å². The van der Waals surface area contributed by atoms with Crippen LogP contribution >= 0.6 is 0 Å². The van der Waals surface area contributed by atoms with E-state index in [4.69, 9.17) is 18.9 Å². The van der Waals surface area contributed by atoms with Crippen LogP contribution in [-0.2, 0) is 18.9 Å². The molecule has 0 spiro atoms. The molecule has 27 heavy (non-hydrogen) atoms. The first kappa shape index (κ1) is 23.2. The van der Waals surface area contributed by atoms with E-state index in [9.17, 15) is 10.2 Å². The Morgan fingerprint density at radius 2 is 1.00 bits per heavy atom. The first-order valence-electron chi connectivity index (χ1n) is 8.25. The second-order valence-electron chi connectivity index (χ2n) is 5.65. The number of aliphatic hydroxyl groups is 2. The molecule has 0 aliphatic heterocycles. The number of hydrogen-bond donors (Lipinski definition) is 2. The van der Waals surface area contributed by atoms with Gasteiger partial charge in [-0.05, 0) is 13.8 Å². The zero-order valence-electron chi connectivity index (χ0n) is 16.7. The Labute approximate surface area is 159 Å². The molecule has 12 nitrogen and oxygen atoms in total. The van der Waals surface area contributed by atoms with Gasteiger partial charge in [0.2, 0.25) is 17.8 Å². The number of ether oxygens (including phenoxy) is 4. The van der Waals surface area contributed by atoms with Gasteiger partial charge in [-0.1, -0.05) is 0 Å². The van der Waals surface area contributed by atoms with E-state index in [1.54, 1.807) is 18.7 Å². The third-order valence-electron chi connectivity index (χ3n) is 3.40. The van der Waals surface area contributed by atoms with Crippen LogP contribution in [0.2, 0.25) is 0 Å². The van der Waals surface area contributed by atoms with Crippen molar-refractivity contribution < 1.29 is 29.2 Å². The molecule has 0 amide bonds. The fourth-order valence-electron chi connectivity index (χ4n) is 2.15. The summed E-state index contributed by atoms with van der Waals surface area (Å²) in [4.78, 5) is 17.6. The van der Waals surface area contributed by atoms with Crippen molar-refractivity contribution in [2.45, 2.75) is 26.3 Å². The Bertz CT molecular complexity index is 507. The number of anilines is 3. The van der Waals surface area contributed by atoms with Crippen molar-refractivity contribution in [3.63, 3.8) is 0 Å². The lowest BCUT2D eigenvalue weighted by atomic mass is 10.5. The Morgan fingerprint density at radius 3 is 1.30 bits per heavy atom. The molecule has 2 N–H and O–H groups in total. The molecule has 1 heterocycles. The smallest absolute Gasteiger partial charge is 0.235 e. The van der Waals surface area contributed by atoms with Gasteiger partial charge in [-0.2, -0.15) is 15.0 Å². The van der Waals surface area contributed by atoms with Gasteiger partial charge in [0, 0.05) is 28.4 Å². The number of hydrogen-bond acceptors (Lipinski definition) is 12. The van der Waals surface area contributed by atoms with Crippen LogP contribution in [0, 0.1) is 0 Å². The molecule has 156 valence electrons. The molecule has 1 aromatic rings. The Kier molecular flexibility index (Phi) is 10.1. The van der Waals surface area contributed by atoms with Crippen molar-refractivity contribution >= 4 is 17.8 Å². The van der Waals surface area contributed by atoms with Crippen LogP contribution in [0.15, 0.2) is 0 Å². The summed E-state index contributed by atoms with van der Waals surface area (Å²) in [5.74, 6) is 0.554. The second-order valence-corrected chi connectivity index (χ2v) is 5.65. The number of nitrogens with zero attached hydrogens (tertiary/aromatic N) is 6. The minimum Gasteiger partial charge on any atom is -0.374 e. The fourth-order valence-corrected chi connectivity index (χ4v) is 2.15. The summed E-state index contributed by atoms with van der Waals surface area (Å²) in [6.07, 6.45) is -1.84. The number of methoxy groups -OCH3 is 4. The van der Waals surface area contributed by atoms with Gasteiger partial charge in [-0.3, -0.25) is 14.7 Å². The maximum absolute atomic E-state index is 10.1. The van der Waals surface area contributed by atoms with Gasteiger partial charge in [0.25, 0.3) is 0 Å². The van der Waals surface area contributed by atoms with Gasteiger partial charge >= 0.3 is 0 Å². The Hall–Kier alpha value is -1.83. The normalized spacial score (nSPS) is 13.3. The third kappa shape index (κ3) is 6.68. The summed E-state index contributed by atoms with van der Waals surface area (Å²) in [6.45, 7) is 3.54. The zero-order chi connectivity index (χ0) is 20.4. The van der Waals surface area contributed by atoms with Crippen LogP contribution in [-0.4, -0.2) is 93.0 Å². The van der Waals surface area contributed by atoms with Crippen molar-refractivity contribution in [2.75, 3.05) is 70.1 Å². The minimum absolute atomic E-state index is 0.0497. The fraction of sp³-hybridized carbons (Fsp3) is 0.800. The van der Waals surface area contributed by atoms with Crippen molar-refractivity contribution in [3.8, 4) is 0 Å². The van der Waals surface area contributed by atoms with Crippen LogP contribution in [0.4, 0.5) is 17.8 Å². The van der Waals surface area contributed by atoms with E-state index in [2.05, 4.69) is 15.0 Å².